The molecule has 0 unspecified atom stereocenters. The molecule has 1 aliphatic rings. The maximum atomic E-state index is 13.4. The van der Waals surface area contributed by atoms with Gasteiger partial charge in [0.2, 0.25) is 11.8 Å². The molecule has 0 saturated heterocycles. The van der Waals surface area contributed by atoms with E-state index in [9.17, 15) is 23.5 Å². The lowest BCUT2D eigenvalue weighted by Crippen LogP contribution is -2.44. The average Bonchev–Trinajstić information content (AvgIpc) is 3.27. The molecule has 1 heterocycles. The lowest BCUT2D eigenvalue weighted by atomic mass is 9.92. The highest BCUT2D eigenvalue weighted by molar-refractivity contribution is 5.96. The van der Waals surface area contributed by atoms with Crippen LogP contribution in [-0.4, -0.2) is 51.2 Å². The van der Waals surface area contributed by atoms with Gasteiger partial charge in [-0.1, -0.05) is 13.3 Å². The number of rotatable bonds is 11. The topological polar surface area (TPSA) is 108 Å². The largest absolute Gasteiger partial charge is 0.393 e. The minimum Gasteiger partial charge on any atom is -0.393 e. The highest BCUT2D eigenvalue weighted by atomic mass is 19.1. The van der Waals surface area contributed by atoms with Crippen LogP contribution in [0.25, 0.3) is 0 Å². The van der Waals surface area contributed by atoms with Crippen LogP contribution in [0.1, 0.15) is 64.9 Å². The van der Waals surface area contributed by atoms with Gasteiger partial charge in [0.15, 0.2) is 5.82 Å². The predicted molar refractivity (Wildman–Crippen MR) is 133 cm³/mol. The molecule has 0 bridgehead atoms. The van der Waals surface area contributed by atoms with Crippen molar-refractivity contribution in [3.63, 3.8) is 0 Å². The van der Waals surface area contributed by atoms with Crippen molar-refractivity contribution in [1.29, 1.82) is 0 Å². The zero-order valence-corrected chi connectivity index (χ0v) is 21.2. The van der Waals surface area contributed by atoms with Gasteiger partial charge in [0.05, 0.1) is 24.4 Å². The number of amides is 2. The third-order valence-corrected chi connectivity index (χ3v) is 6.57. The Balaban J connectivity index is 1.55. The molecule has 2 aromatic rings. The van der Waals surface area contributed by atoms with Crippen molar-refractivity contribution in [3.8, 4) is 0 Å². The van der Waals surface area contributed by atoms with Gasteiger partial charge >= 0.3 is 0 Å². The lowest BCUT2D eigenvalue weighted by molar-refractivity contribution is -0.126. The fourth-order valence-electron chi connectivity index (χ4n) is 4.40. The zero-order valence-electron chi connectivity index (χ0n) is 21.2. The molecule has 0 spiro atoms. The molecule has 8 nitrogen and oxygen atoms in total. The molecular weight excluding hydrogens is 468 g/mol. The standard InChI is InChI=1S/C26H37F2N5O3/c1-4-5-22(31-24(35)12-17-10-18(27)13-19(28)11-17)25(36)32-23-14-33(16-30-23)26(2,3)15-29-20-6-8-21(34)9-7-20/h10-11,13-14,16,20-22,29,34H,4-9,12,15H2,1-3H3,(H,31,35)(H,32,36)/t20?,21?,22-/m0/s1. The quantitative estimate of drug-likeness (QED) is 0.375. The van der Waals surface area contributed by atoms with Crippen molar-refractivity contribution in [3.05, 3.63) is 47.9 Å². The van der Waals surface area contributed by atoms with Crippen LogP contribution in [0.15, 0.2) is 30.7 Å². The van der Waals surface area contributed by atoms with Crippen molar-refractivity contribution in [2.45, 2.75) is 89.4 Å². The first-order valence-electron chi connectivity index (χ1n) is 12.6. The summed E-state index contributed by atoms with van der Waals surface area (Å²) in [6.07, 6.45) is 7.56. The molecule has 3 rings (SSSR count). The van der Waals surface area contributed by atoms with Crippen LogP contribution in [0.2, 0.25) is 0 Å². The molecule has 1 atom stereocenters. The van der Waals surface area contributed by atoms with Crippen molar-refractivity contribution in [1.82, 2.24) is 20.2 Å². The van der Waals surface area contributed by atoms with E-state index in [2.05, 4.69) is 34.8 Å². The Kier molecular flexibility index (Phi) is 9.56. The number of nitrogens with one attached hydrogen (secondary N) is 3. The molecule has 0 aliphatic heterocycles. The van der Waals surface area contributed by atoms with Gasteiger partial charge in [-0.15, -0.1) is 0 Å². The summed E-state index contributed by atoms with van der Waals surface area (Å²) in [7, 11) is 0. The number of halogens is 2. The third kappa shape index (κ3) is 8.09. The number of hydrogen-bond acceptors (Lipinski definition) is 5. The van der Waals surface area contributed by atoms with Crippen molar-refractivity contribution >= 4 is 17.6 Å². The van der Waals surface area contributed by atoms with Crippen molar-refractivity contribution in [2.24, 2.45) is 0 Å². The second kappa shape index (κ2) is 12.4. The van der Waals surface area contributed by atoms with E-state index in [1.165, 1.54) is 0 Å². The molecular formula is C26H37F2N5O3. The highest BCUT2D eigenvalue weighted by Gasteiger charge is 2.26. The Hall–Kier alpha value is -2.85. The summed E-state index contributed by atoms with van der Waals surface area (Å²) in [5, 5.41) is 18.7. The van der Waals surface area contributed by atoms with Crippen LogP contribution in [0.5, 0.6) is 0 Å². The third-order valence-electron chi connectivity index (χ3n) is 6.57. The molecule has 4 N–H and O–H groups in total. The number of benzene rings is 1. The van der Waals surface area contributed by atoms with E-state index < -0.39 is 29.5 Å². The molecule has 2 amide bonds. The zero-order chi connectivity index (χ0) is 26.3. The predicted octanol–water partition coefficient (Wildman–Crippen LogP) is 3.26. The summed E-state index contributed by atoms with van der Waals surface area (Å²) < 4.78 is 28.8. The highest BCUT2D eigenvalue weighted by Crippen LogP contribution is 2.21. The minimum atomic E-state index is -0.803. The van der Waals surface area contributed by atoms with Crippen LogP contribution in [0.4, 0.5) is 14.6 Å². The monoisotopic (exact) mass is 505 g/mol. The summed E-state index contributed by atoms with van der Waals surface area (Å²) in [5.74, 6) is -2.05. The first-order chi connectivity index (χ1) is 17.1. The van der Waals surface area contributed by atoms with Crippen molar-refractivity contribution in [2.75, 3.05) is 11.9 Å². The Labute approximate surface area is 210 Å². The van der Waals surface area contributed by atoms with E-state index in [1.54, 1.807) is 12.5 Å². The van der Waals surface area contributed by atoms with Gasteiger partial charge in [-0.05, 0) is 63.6 Å². The van der Waals surface area contributed by atoms with Crippen LogP contribution in [0, 0.1) is 11.6 Å². The summed E-state index contributed by atoms with van der Waals surface area (Å²) in [4.78, 5) is 29.7. The summed E-state index contributed by atoms with van der Waals surface area (Å²) >= 11 is 0. The number of nitrogens with zero attached hydrogens (tertiary/aromatic N) is 2. The van der Waals surface area contributed by atoms with Gasteiger partial charge < -0.3 is 25.6 Å². The van der Waals surface area contributed by atoms with Crippen LogP contribution in [0.3, 0.4) is 0 Å². The molecule has 0 radical (unpaired) electrons. The van der Waals surface area contributed by atoms with Gasteiger partial charge in [0, 0.05) is 24.8 Å². The molecule has 36 heavy (non-hydrogen) atoms. The Morgan fingerprint density at radius 3 is 2.47 bits per heavy atom. The molecule has 1 aliphatic carbocycles. The number of aliphatic hydroxyl groups is 1. The first-order valence-corrected chi connectivity index (χ1v) is 12.6. The maximum Gasteiger partial charge on any atom is 0.248 e. The molecule has 10 heteroatoms. The molecule has 1 aromatic heterocycles. The van der Waals surface area contributed by atoms with E-state index in [1.807, 2.05) is 11.5 Å². The fraction of sp³-hybridized carbons (Fsp3) is 0.577. The Bertz CT molecular complexity index is 1010. The Morgan fingerprint density at radius 1 is 1.17 bits per heavy atom. The second-order valence-electron chi connectivity index (χ2n) is 10.2. The smallest absolute Gasteiger partial charge is 0.248 e. The number of aliphatic hydroxyl groups excluding tert-OH is 1. The van der Waals surface area contributed by atoms with Gasteiger partial charge in [-0.25, -0.2) is 13.8 Å². The normalized spacial score (nSPS) is 19.1. The SMILES string of the molecule is CCC[C@H](NC(=O)Cc1cc(F)cc(F)c1)C(=O)Nc1cn(C(C)(C)CNC2CCC(O)CC2)cn1. The number of hydrogen-bond donors (Lipinski definition) is 4. The number of carbonyl (C=O) groups is 2. The first kappa shape index (κ1) is 27.7. The number of anilines is 1. The van der Waals surface area contributed by atoms with Gasteiger partial charge in [-0.2, -0.15) is 0 Å². The van der Waals surface area contributed by atoms with Gasteiger partial charge in [0.1, 0.15) is 17.7 Å². The molecule has 1 saturated carbocycles. The van der Waals surface area contributed by atoms with E-state index in [4.69, 9.17) is 0 Å². The maximum absolute atomic E-state index is 13.4. The van der Waals surface area contributed by atoms with Gasteiger partial charge in [0.25, 0.3) is 0 Å². The minimum absolute atomic E-state index is 0.193. The van der Waals surface area contributed by atoms with Crippen molar-refractivity contribution < 1.29 is 23.5 Å². The lowest BCUT2D eigenvalue weighted by Gasteiger charge is -2.32. The average molecular weight is 506 g/mol. The number of carbonyl (C=O) groups excluding carboxylic acids is 2. The van der Waals surface area contributed by atoms with Crippen LogP contribution >= 0.6 is 0 Å². The molecule has 1 fully saturated rings. The summed E-state index contributed by atoms with van der Waals surface area (Å²) in [6.45, 7) is 6.74. The summed E-state index contributed by atoms with van der Waals surface area (Å²) in [5.41, 5.74) is -0.108. The van der Waals surface area contributed by atoms with E-state index >= 15 is 0 Å². The van der Waals surface area contributed by atoms with Gasteiger partial charge in [-0.3, -0.25) is 9.59 Å². The Morgan fingerprint density at radius 2 is 1.83 bits per heavy atom. The van der Waals surface area contributed by atoms with Crippen LogP contribution < -0.4 is 16.0 Å². The summed E-state index contributed by atoms with van der Waals surface area (Å²) in [6, 6.07) is 2.50. The number of aromatic nitrogens is 2. The molecule has 1 aromatic carbocycles. The molecule has 198 valence electrons. The van der Waals surface area contributed by atoms with E-state index in [0.717, 1.165) is 43.9 Å². The van der Waals surface area contributed by atoms with Crippen LogP contribution in [-0.2, 0) is 21.5 Å². The van der Waals surface area contributed by atoms with E-state index in [0.29, 0.717) is 31.2 Å². The number of imidazole rings is 1. The second-order valence-corrected chi connectivity index (χ2v) is 10.2. The van der Waals surface area contributed by atoms with E-state index in [-0.39, 0.29) is 23.6 Å². The fourth-order valence-corrected chi connectivity index (χ4v) is 4.40.